The van der Waals surface area contributed by atoms with Crippen molar-refractivity contribution in [3.63, 3.8) is 0 Å². The quantitative estimate of drug-likeness (QED) is 0.774. The summed E-state index contributed by atoms with van der Waals surface area (Å²) in [7, 11) is 0. The van der Waals surface area contributed by atoms with Crippen molar-refractivity contribution in [3.05, 3.63) is 0 Å². The van der Waals surface area contributed by atoms with Gasteiger partial charge in [-0.25, -0.2) is 4.79 Å². The van der Waals surface area contributed by atoms with Crippen molar-refractivity contribution >= 4 is 12.0 Å². The smallest absolute Gasteiger partial charge is 0.319 e. The third-order valence-electron chi connectivity index (χ3n) is 4.31. The van der Waals surface area contributed by atoms with E-state index in [1.54, 1.807) is 13.8 Å². The Morgan fingerprint density at radius 3 is 2.35 bits per heavy atom. The number of carboxylic acids is 1. The zero-order valence-corrected chi connectivity index (χ0v) is 12.1. The van der Waals surface area contributed by atoms with E-state index in [0.29, 0.717) is 0 Å². The van der Waals surface area contributed by atoms with E-state index in [-0.39, 0.29) is 30.5 Å². The van der Waals surface area contributed by atoms with Crippen LogP contribution in [0.5, 0.6) is 0 Å². The van der Waals surface area contributed by atoms with Crippen LogP contribution in [-0.4, -0.2) is 39.6 Å². The molecule has 2 saturated heterocycles. The molecule has 2 bridgehead atoms. The molecule has 0 aliphatic carbocycles. The number of carboxylic acid groups (broad SMARTS) is 1. The summed E-state index contributed by atoms with van der Waals surface area (Å²) < 4.78 is 0. The summed E-state index contributed by atoms with van der Waals surface area (Å²) in [6.07, 6.45) is 9.10. The predicted octanol–water partition coefficient (Wildman–Crippen LogP) is 1.83. The van der Waals surface area contributed by atoms with Gasteiger partial charge in [-0.2, -0.15) is 0 Å². The fraction of sp³-hybridized carbons (Fsp3) is 0.733. The molecule has 2 amide bonds. The molecular weight excluding hydrogens is 256 g/mol. The molecule has 2 rings (SSSR count). The van der Waals surface area contributed by atoms with Gasteiger partial charge in [0, 0.05) is 18.5 Å². The minimum Gasteiger partial charge on any atom is -0.481 e. The Labute approximate surface area is 119 Å². The van der Waals surface area contributed by atoms with Crippen molar-refractivity contribution in [3.8, 4) is 12.3 Å². The van der Waals surface area contributed by atoms with E-state index in [0.717, 1.165) is 25.7 Å². The average Bonchev–Trinajstić information content (AvgIpc) is 2.60. The van der Waals surface area contributed by atoms with Gasteiger partial charge in [-0.3, -0.25) is 4.79 Å². The number of carbonyl (C=O) groups is 2. The number of carbonyl (C=O) groups excluding carboxylic acids is 1. The summed E-state index contributed by atoms with van der Waals surface area (Å²) in [5, 5.41) is 11.8. The Bertz CT molecular complexity index is 439. The molecule has 0 spiro atoms. The van der Waals surface area contributed by atoms with Crippen LogP contribution in [-0.2, 0) is 4.79 Å². The minimum atomic E-state index is -0.749. The highest BCUT2D eigenvalue weighted by atomic mass is 16.4. The summed E-state index contributed by atoms with van der Waals surface area (Å²) in [6.45, 7) is 3.59. The van der Waals surface area contributed by atoms with Crippen molar-refractivity contribution in [2.75, 3.05) is 0 Å². The predicted molar refractivity (Wildman–Crippen MR) is 75.1 cm³/mol. The summed E-state index contributed by atoms with van der Waals surface area (Å²) in [5.41, 5.74) is -0.658. The number of terminal acetylenes is 1. The van der Waals surface area contributed by atoms with E-state index in [4.69, 9.17) is 11.5 Å². The van der Waals surface area contributed by atoms with E-state index in [1.807, 2.05) is 4.90 Å². The summed E-state index contributed by atoms with van der Waals surface area (Å²) in [6, 6.07) is 0.201. The number of hydrogen-bond acceptors (Lipinski definition) is 2. The minimum absolute atomic E-state index is 0.116. The molecule has 2 N–H and O–H groups in total. The maximum absolute atomic E-state index is 12.4. The fourth-order valence-electron chi connectivity index (χ4n) is 3.40. The Morgan fingerprint density at radius 2 is 1.90 bits per heavy atom. The number of nitrogens with one attached hydrogen (secondary N) is 1. The van der Waals surface area contributed by atoms with Gasteiger partial charge < -0.3 is 15.3 Å². The number of urea groups is 1. The van der Waals surface area contributed by atoms with Crippen molar-refractivity contribution in [1.29, 1.82) is 0 Å². The Morgan fingerprint density at radius 1 is 1.35 bits per heavy atom. The van der Waals surface area contributed by atoms with Gasteiger partial charge in [0.25, 0.3) is 0 Å². The summed E-state index contributed by atoms with van der Waals surface area (Å²) in [5.74, 6) is 2.00. The van der Waals surface area contributed by atoms with Gasteiger partial charge in [-0.05, 0) is 45.4 Å². The molecule has 2 aliphatic heterocycles. The molecule has 2 fully saturated rings. The Kier molecular flexibility index (Phi) is 3.94. The molecule has 2 unspecified atom stereocenters. The van der Waals surface area contributed by atoms with Crippen LogP contribution < -0.4 is 5.32 Å². The van der Waals surface area contributed by atoms with E-state index < -0.39 is 11.5 Å². The zero-order chi connectivity index (χ0) is 14.9. The number of rotatable bonds is 3. The number of hydrogen-bond donors (Lipinski definition) is 2. The van der Waals surface area contributed by atoms with E-state index in [1.165, 1.54) is 0 Å². The van der Waals surface area contributed by atoms with Crippen LogP contribution in [0, 0.1) is 18.3 Å². The van der Waals surface area contributed by atoms with Crippen LogP contribution in [0.4, 0.5) is 4.79 Å². The first-order valence-corrected chi connectivity index (χ1v) is 7.12. The number of aliphatic carboxylic acids is 1. The van der Waals surface area contributed by atoms with Crippen LogP contribution in [0.15, 0.2) is 0 Å². The third kappa shape index (κ3) is 3.06. The normalized spacial score (nSPS) is 28.9. The molecule has 20 heavy (non-hydrogen) atoms. The first-order valence-electron chi connectivity index (χ1n) is 7.12. The molecule has 0 aromatic heterocycles. The van der Waals surface area contributed by atoms with E-state index >= 15 is 0 Å². The Balaban J connectivity index is 2.01. The van der Waals surface area contributed by atoms with Crippen molar-refractivity contribution in [2.24, 2.45) is 5.92 Å². The number of fused-ring (bicyclic) bond motifs is 2. The molecule has 0 aromatic carbocycles. The monoisotopic (exact) mass is 278 g/mol. The number of amides is 2. The highest BCUT2D eigenvalue weighted by Crippen LogP contribution is 2.39. The number of nitrogens with zero attached hydrogens (tertiary/aromatic N) is 1. The van der Waals surface area contributed by atoms with Gasteiger partial charge in [0.1, 0.15) is 0 Å². The highest BCUT2D eigenvalue weighted by molar-refractivity contribution is 5.77. The van der Waals surface area contributed by atoms with Gasteiger partial charge >= 0.3 is 12.0 Å². The van der Waals surface area contributed by atoms with Crippen molar-refractivity contribution < 1.29 is 14.7 Å². The lowest BCUT2D eigenvalue weighted by molar-refractivity contribution is -0.138. The van der Waals surface area contributed by atoms with Crippen molar-refractivity contribution in [1.82, 2.24) is 10.2 Å². The molecule has 2 heterocycles. The summed E-state index contributed by atoms with van der Waals surface area (Å²) >= 11 is 0. The molecule has 0 aromatic rings. The largest absolute Gasteiger partial charge is 0.481 e. The molecule has 0 saturated carbocycles. The SMILES string of the molecule is C#CC(C)(C)NC(=O)N1C2CCC1CC(CC(=O)O)C2. The molecule has 5 nitrogen and oxygen atoms in total. The lowest BCUT2D eigenvalue weighted by Crippen LogP contribution is -2.55. The average molecular weight is 278 g/mol. The lowest BCUT2D eigenvalue weighted by Gasteiger charge is -2.39. The number of piperidine rings is 1. The van der Waals surface area contributed by atoms with Gasteiger partial charge in [-0.1, -0.05) is 5.92 Å². The fourth-order valence-corrected chi connectivity index (χ4v) is 3.40. The summed E-state index contributed by atoms with van der Waals surface area (Å²) in [4.78, 5) is 25.1. The van der Waals surface area contributed by atoms with Gasteiger partial charge in [0.15, 0.2) is 0 Å². The van der Waals surface area contributed by atoms with Crippen LogP contribution in [0.2, 0.25) is 0 Å². The molecular formula is C15H22N2O3. The maximum atomic E-state index is 12.4. The standard InChI is InChI=1S/C15H22N2O3/c1-4-15(2,3)16-14(20)17-11-5-6-12(17)8-10(7-11)9-13(18)19/h1,10-12H,5-9H2,2-3H3,(H,16,20)(H,18,19). The molecule has 110 valence electrons. The Hall–Kier alpha value is -1.70. The lowest BCUT2D eigenvalue weighted by atomic mass is 9.88. The molecule has 0 radical (unpaired) electrons. The first kappa shape index (κ1) is 14.7. The van der Waals surface area contributed by atoms with Crippen LogP contribution in [0.3, 0.4) is 0 Å². The topological polar surface area (TPSA) is 69.6 Å². The van der Waals surface area contributed by atoms with Crippen LogP contribution in [0.1, 0.15) is 46.0 Å². The van der Waals surface area contributed by atoms with Gasteiger partial charge in [0.2, 0.25) is 0 Å². The molecule has 5 heteroatoms. The second kappa shape index (κ2) is 5.35. The molecule has 2 aliphatic rings. The second-order valence-corrected chi connectivity index (χ2v) is 6.43. The maximum Gasteiger partial charge on any atom is 0.319 e. The van der Waals surface area contributed by atoms with Gasteiger partial charge in [-0.15, -0.1) is 6.42 Å². The second-order valence-electron chi connectivity index (χ2n) is 6.43. The third-order valence-corrected chi connectivity index (χ3v) is 4.31. The van der Waals surface area contributed by atoms with Crippen molar-refractivity contribution in [2.45, 2.75) is 63.6 Å². The molecule has 2 atom stereocenters. The zero-order valence-electron chi connectivity index (χ0n) is 12.1. The van der Waals surface area contributed by atoms with E-state index in [2.05, 4.69) is 11.2 Å². The first-order chi connectivity index (χ1) is 9.32. The van der Waals surface area contributed by atoms with Crippen LogP contribution in [0.25, 0.3) is 0 Å². The highest BCUT2D eigenvalue weighted by Gasteiger charge is 2.44. The van der Waals surface area contributed by atoms with Crippen LogP contribution >= 0.6 is 0 Å². The van der Waals surface area contributed by atoms with Gasteiger partial charge in [0.05, 0.1) is 5.54 Å². The van der Waals surface area contributed by atoms with E-state index in [9.17, 15) is 9.59 Å².